The quantitative estimate of drug-likeness (QED) is 0.674. The van der Waals surface area contributed by atoms with Gasteiger partial charge in [-0.05, 0) is 42.0 Å². The number of aliphatic carboxylic acids is 1. The lowest BCUT2D eigenvalue weighted by Crippen LogP contribution is -2.59. The third-order valence-corrected chi connectivity index (χ3v) is 6.56. The molecule has 1 aliphatic carbocycles. The smallest absolute Gasteiger partial charge is 0.407 e. The molecule has 180 valence electrons. The van der Waals surface area contributed by atoms with Crippen LogP contribution in [0.15, 0.2) is 48.5 Å². The number of benzene rings is 2. The van der Waals surface area contributed by atoms with Crippen molar-refractivity contribution in [3.05, 3.63) is 59.7 Å². The zero-order valence-corrected chi connectivity index (χ0v) is 19.8. The third-order valence-electron chi connectivity index (χ3n) is 6.56. The van der Waals surface area contributed by atoms with Crippen molar-refractivity contribution in [2.24, 2.45) is 5.92 Å². The number of rotatable bonds is 6. The van der Waals surface area contributed by atoms with Crippen LogP contribution < -0.4 is 5.32 Å². The number of carboxylic acids is 1. The molecular formula is C26H30N2O6. The van der Waals surface area contributed by atoms with Crippen molar-refractivity contribution >= 4 is 18.0 Å². The van der Waals surface area contributed by atoms with E-state index < -0.39 is 35.8 Å². The van der Waals surface area contributed by atoms with Crippen molar-refractivity contribution in [1.29, 1.82) is 0 Å². The van der Waals surface area contributed by atoms with Crippen LogP contribution in [0.5, 0.6) is 0 Å². The average Bonchev–Trinajstić information content (AvgIpc) is 3.29. The number of hydrogen-bond donors (Lipinski definition) is 2. The van der Waals surface area contributed by atoms with Gasteiger partial charge in [-0.2, -0.15) is 0 Å². The maximum Gasteiger partial charge on any atom is 0.407 e. The molecule has 0 spiro atoms. The van der Waals surface area contributed by atoms with Crippen molar-refractivity contribution in [2.75, 3.05) is 13.2 Å². The Morgan fingerprint density at radius 3 is 2.18 bits per heavy atom. The molecule has 4 rings (SSSR count). The van der Waals surface area contributed by atoms with E-state index >= 15 is 0 Å². The number of fused-ring (bicyclic) bond motifs is 3. The second kappa shape index (κ2) is 9.10. The molecule has 0 radical (unpaired) electrons. The summed E-state index contributed by atoms with van der Waals surface area (Å²) in [7, 11) is 0. The number of hydrogen-bond acceptors (Lipinski definition) is 5. The Balaban J connectivity index is 1.47. The molecule has 8 nitrogen and oxygen atoms in total. The fourth-order valence-electron chi connectivity index (χ4n) is 4.83. The van der Waals surface area contributed by atoms with E-state index in [9.17, 15) is 19.5 Å². The van der Waals surface area contributed by atoms with Crippen molar-refractivity contribution in [2.45, 2.75) is 51.4 Å². The second-order valence-corrected chi connectivity index (χ2v) is 9.51. The Hall–Kier alpha value is -3.39. The SMILES string of the molecule is CC(C)[C@H](NC(=O)OCC1c2ccccc2-c2ccccc21)C(=O)N1[C@H](C(=O)O)COC1(C)C. The van der Waals surface area contributed by atoms with E-state index in [4.69, 9.17) is 9.47 Å². The van der Waals surface area contributed by atoms with Gasteiger partial charge in [-0.25, -0.2) is 9.59 Å². The third kappa shape index (κ3) is 4.25. The fraction of sp³-hybridized carbons (Fsp3) is 0.423. The number of carbonyl (C=O) groups is 3. The standard InChI is InChI=1S/C26H30N2O6/c1-15(2)22(23(29)28-21(24(30)31)14-34-26(28,3)4)27-25(32)33-13-20-18-11-7-5-9-16(18)17-10-6-8-12-19(17)20/h5-12,15,20-22H,13-14H2,1-4H3,(H,27,32)(H,30,31)/t21-,22-/m0/s1. The molecular weight excluding hydrogens is 436 g/mol. The van der Waals surface area contributed by atoms with Gasteiger partial charge in [0.2, 0.25) is 5.91 Å². The molecule has 1 saturated heterocycles. The summed E-state index contributed by atoms with van der Waals surface area (Å²) in [6.07, 6.45) is -0.723. The zero-order chi connectivity index (χ0) is 24.6. The van der Waals surface area contributed by atoms with Gasteiger partial charge in [0.15, 0.2) is 6.04 Å². The van der Waals surface area contributed by atoms with Gasteiger partial charge >= 0.3 is 12.1 Å². The van der Waals surface area contributed by atoms with Crippen molar-refractivity contribution in [1.82, 2.24) is 10.2 Å². The van der Waals surface area contributed by atoms with E-state index in [0.717, 1.165) is 22.3 Å². The lowest BCUT2D eigenvalue weighted by Gasteiger charge is -2.36. The summed E-state index contributed by atoms with van der Waals surface area (Å²) >= 11 is 0. The largest absolute Gasteiger partial charge is 0.480 e. The number of amides is 2. The first-order valence-corrected chi connectivity index (χ1v) is 11.4. The molecule has 8 heteroatoms. The Morgan fingerprint density at radius 2 is 1.65 bits per heavy atom. The molecule has 0 unspecified atom stereocenters. The predicted molar refractivity (Wildman–Crippen MR) is 125 cm³/mol. The Kier molecular flexibility index (Phi) is 6.36. The molecule has 2 amide bonds. The van der Waals surface area contributed by atoms with Crippen LogP contribution >= 0.6 is 0 Å². The maximum atomic E-state index is 13.4. The molecule has 2 atom stereocenters. The zero-order valence-electron chi connectivity index (χ0n) is 19.8. The van der Waals surface area contributed by atoms with Gasteiger partial charge in [0.25, 0.3) is 0 Å². The van der Waals surface area contributed by atoms with E-state index in [-0.39, 0.29) is 25.0 Å². The minimum Gasteiger partial charge on any atom is -0.480 e. The Morgan fingerprint density at radius 1 is 1.09 bits per heavy atom. The van der Waals surface area contributed by atoms with Crippen LogP contribution in [0.4, 0.5) is 4.79 Å². The van der Waals surface area contributed by atoms with Gasteiger partial charge in [-0.1, -0.05) is 62.4 Å². The number of ether oxygens (including phenoxy) is 2. The van der Waals surface area contributed by atoms with E-state index in [1.165, 1.54) is 4.90 Å². The molecule has 1 aliphatic heterocycles. The van der Waals surface area contributed by atoms with Crippen molar-refractivity contribution in [3.8, 4) is 11.1 Å². The summed E-state index contributed by atoms with van der Waals surface area (Å²) in [6.45, 7) is 6.86. The first-order chi connectivity index (χ1) is 16.1. The van der Waals surface area contributed by atoms with E-state index in [2.05, 4.69) is 17.4 Å². The molecule has 1 fully saturated rings. The highest BCUT2D eigenvalue weighted by atomic mass is 16.6. The summed E-state index contributed by atoms with van der Waals surface area (Å²) in [5, 5.41) is 12.2. The first-order valence-electron chi connectivity index (χ1n) is 11.4. The molecule has 0 aromatic heterocycles. The predicted octanol–water partition coefficient (Wildman–Crippen LogP) is 3.60. The number of nitrogens with one attached hydrogen (secondary N) is 1. The van der Waals surface area contributed by atoms with Crippen LogP contribution in [0, 0.1) is 5.92 Å². The van der Waals surface area contributed by atoms with Crippen molar-refractivity contribution in [3.63, 3.8) is 0 Å². The highest BCUT2D eigenvalue weighted by Crippen LogP contribution is 2.44. The number of carboxylic acid groups (broad SMARTS) is 1. The fourth-order valence-corrected chi connectivity index (χ4v) is 4.83. The lowest BCUT2D eigenvalue weighted by molar-refractivity contribution is -0.157. The average molecular weight is 467 g/mol. The van der Waals surface area contributed by atoms with E-state index in [0.29, 0.717) is 0 Å². The minimum absolute atomic E-state index is 0.103. The van der Waals surface area contributed by atoms with Gasteiger partial charge in [-0.3, -0.25) is 9.69 Å². The molecule has 1 heterocycles. The molecule has 2 aliphatic rings. The maximum absolute atomic E-state index is 13.4. The molecule has 0 saturated carbocycles. The van der Waals surface area contributed by atoms with Gasteiger partial charge < -0.3 is 19.9 Å². The molecule has 2 aromatic carbocycles. The van der Waals surface area contributed by atoms with Crippen molar-refractivity contribution < 1.29 is 29.0 Å². The monoisotopic (exact) mass is 466 g/mol. The number of nitrogens with zero attached hydrogens (tertiary/aromatic N) is 1. The minimum atomic E-state index is -1.15. The topological polar surface area (TPSA) is 105 Å². The lowest BCUT2D eigenvalue weighted by atomic mass is 9.98. The summed E-state index contributed by atoms with van der Waals surface area (Å²) in [5.74, 6) is -2.06. The van der Waals surface area contributed by atoms with Crippen LogP contribution in [0.1, 0.15) is 44.7 Å². The van der Waals surface area contributed by atoms with Gasteiger partial charge in [-0.15, -0.1) is 0 Å². The van der Waals surface area contributed by atoms with E-state index in [1.807, 2.05) is 36.4 Å². The molecule has 0 bridgehead atoms. The number of alkyl carbamates (subject to hydrolysis) is 1. The van der Waals surface area contributed by atoms with Gasteiger partial charge in [0.05, 0.1) is 6.61 Å². The van der Waals surface area contributed by atoms with Gasteiger partial charge in [0, 0.05) is 5.92 Å². The summed E-state index contributed by atoms with van der Waals surface area (Å²) in [6, 6.07) is 14.0. The molecule has 34 heavy (non-hydrogen) atoms. The summed E-state index contributed by atoms with van der Waals surface area (Å²) < 4.78 is 11.1. The second-order valence-electron chi connectivity index (χ2n) is 9.51. The number of carbonyl (C=O) groups excluding carboxylic acids is 2. The van der Waals surface area contributed by atoms with Crippen LogP contribution in [0.3, 0.4) is 0 Å². The van der Waals surface area contributed by atoms with Crippen LogP contribution in [-0.2, 0) is 19.1 Å². The summed E-state index contributed by atoms with van der Waals surface area (Å²) in [5.41, 5.74) is 3.33. The molecule has 2 N–H and O–H groups in total. The van der Waals surface area contributed by atoms with Crippen LogP contribution in [0.25, 0.3) is 11.1 Å². The van der Waals surface area contributed by atoms with E-state index in [1.54, 1.807) is 27.7 Å². The highest BCUT2D eigenvalue weighted by molar-refractivity contribution is 5.90. The first kappa shape index (κ1) is 23.8. The Labute approximate surface area is 198 Å². The highest BCUT2D eigenvalue weighted by Gasteiger charge is 2.49. The van der Waals surface area contributed by atoms with Crippen LogP contribution in [0.2, 0.25) is 0 Å². The Bertz CT molecular complexity index is 1070. The summed E-state index contributed by atoms with van der Waals surface area (Å²) in [4.78, 5) is 39.0. The molecule has 2 aromatic rings. The normalized spacial score (nSPS) is 19.4. The van der Waals surface area contributed by atoms with Gasteiger partial charge in [0.1, 0.15) is 18.4 Å². The van der Waals surface area contributed by atoms with Crippen LogP contribution in [-0.4, -0.2) is 59.0 Å².